The van der Waals surface area contributed by atoms with Crippen molar-refractivity contribution in [3.05, 3.63) is 60.2 Å². The molecule has 1 aromatic heterocycles. The molecule has 3 rings (SSSR count). The van der Waals surface area contributed by atoms with Crippen molar-refractivity contribution >= 4 is 55.9 Å². The molecular formula is C25H30BrClFN3O6. The molecule has 0 bridgehead atoms. The zero-order chi connectivity index (χ0) is 28.0. The zero-order valence-corrected chi connectivity index (χ0v) is 23.0. The Morgan fingerprint density at radius 1 is 1.22 bits per heavy atom. The Hall–Kier alpha value is -2.99. The minimum atomic E-state index is -1.20. The number of anilines is 2. The third-order valence-electron chi connectivity index (χ3n) is 4.49. The van der Waals surface area contributed by atoms with Gasteiger partial charge in [0.25, 0.3) is 0 Å². The first-order valence-electron chi connectivity index (χ1n) is 10.9. The number of methoxy groups -OCH3 is 1. The van der Waals surface area contributed by atoms with Gasteiger partial charge in [-0.3, -0.25) is 4.79 Å². The highest BCUT2D eigenvalue weighted by atomic mass is 79.9. The number of aliphatic carboxylic acids is 1. The molecule has 0 saturated carbocycles. The summed E-state index contributed by atoms with van der Waals surface area (Å²) in [5, 5.41) is 32.0. The Bertz CT molecular complexity index is 1170. The van der Waals surface area contributed by atoms with Crippen LogP contribution in [0.15, 0.2) is 49.3 Å². The maximum absolute atomic E-state index is 13.4. The van der Waals surface area contributed by atoms with E-state index >= 15 is 0 Å². The number of hydrogen-bond donors (Lipinski definition) is 4. The number of carboxylic acids is 1. The number of fused-ring (bicyclic) bond motifs is 1. The van der Waals surface area contributed by atoms with E-state index in [1.807, 2.05) is 12.8 Å². The Morgan fingerprint density at radius 2 is 1.89 bits per heavy atom. The highest BCUT2D eigenvalue weighted by Crippen LogP contribution is 2.35. The van der Waals surface area contributed by atoms with Crippen molar-refractivity contribution in [3.8, 4) is 11.5 Å². The summed E-state index contributed by atoms with van der Waals surface area (Å²) in [6.45, 7) is 5.04. The summed E-state index contributed by atoms with van der Waals surface area (Å²) >= 11 is 8.78. The largest absolute Gasteiger partial charge is 0.493 e. The lowest BCUT2D eigenvalue weighted by Crippen LogP contribution is -2.25. The molecule has 202 valence electrons. The maximum Gasteiger partial charge on any atom is 0.305 e. The lowest BCUT2D eigenvalue weighted by Gasteiger charge is -2.17. The van der Waals surface area contributed by atoms with Crippen molar-refractivity contribution in [1.82, 2.24) is 9.97 Å². The second-order valence-electron chi connectivity index (χ2n) is 7.36. The summed E-state index contributed by atoms with van der Waals surface area (Å²) < 4.78 is 24.4. The predicted octanol–water partition coefficient (Wildman–Crippen LogP) is 5.34. The topological polar surface area (TPSA) is 134 Å². The van der Waals surface area contributed by atoms with Crippen LogP contribution in [0.5, 0.6) is 11.5 Å². The van der Waals surface area contributed by atoms with Crippen molar-refractivity contribution in [2.45, 2.75) is 32.0 Å². The molecule has 0 radical (unpaired) electrons. The molecule has 0 spiro atoms. The number of nitrogens with one attached hydrogen (secondary N) is 1. The second-order valence-corrected chi connectivity index (χ2v) is 7.76. The number of aliphatic hydroxyl groups excluding tert-OH is 2. The number of carboxylic acid groups (broad SMARTS) is 1. The van der Waals surface area contributed by atoms with Crippen molar-refractivity contribution in [3.63, 3.8) is 0 Å². The molecule has 12 heteroatoms. The molecule has 2 unspecified atom stereocenters. The monoisotopic (exact) mass is 601 g/mol. The van der Waals surface area contributed by atoms with E-state index in [0.717, 1.165) is 0 Å². The number of aliphatic hydroxyl groups is 2. The van der Waals surface area contributed by atoms with E-state index in [1.54, 1.807) is 18.2 Å². The fourth-order valence-electron chi connectivity index (χ4n) is 3.00. The lowest BCUT2D eigenvalue weighted by atomic mass is 10.1. The SMILES string of the molecule is C=CC.CBr.COc1cc2ncnc(Nc3ccc(F)c(Cl)c3)c2cc1OCC(O)CC(O)CC(=O)O. The molecule has 9 nitrogen and oxygen atoms in total. The molecular weight excluding hydrogens is 573 g/mol. The normalized spacial score (nSPS) is 11.7. The molecule has 37 heavy (non-hydrogen) atoms. The van der Waals surface area contributed by atoms with Gasteiger partial charge in [0, 0.05) is 23.6 Å². The molecule has 1 heterocycles. The van der Waals surface area contributed by atoms with Crippen LogP contribution in [-0.4, -0.2) is 63.0 Å². The van der Waals surface area contributed by atoms with E-state index in [1.165, 1.54) is 31.6 Å². The van der Waals surface area contributed by atoms with Gasteiger partial charge in [0.1, 0.15) is 24.6 Å². The number of aromatic nitrogens is 2. The first-order valence-corrected chi connectivity index (χ1v) is 12.8. The fraction of sp³-hybridized carbons (Fsp3) is 0.320. The summed E-state index contributed by atoms with van der Waals surface area (Å²) in [7, 11) is 1.45. The predicted molar refractivity (Wildman–Crippen MR) is 146 cm³/mol. The number of hydrogen-bond acceptors (Lipinski definition) is 8. The van der Waals surface area contributed by atoms with Crippen molar-refractivity contribution in [2.75, 3.05) is 24.9 Å². The highest BCUT2D eigenvalue weighted by Gasteiger charge is 2.18. The first-order chi connectivity index (χ1) is 17.7. The van der Waals surface area contributed by atoms with Gasteiger partial charge in [-0.05, 0) is 37.0 Å². The molecule has 0 aliphatic rings. The molecule has 3 aromatic rings. The summed E-state index contributed by atoms with van der Waals surface area (Å²) in [4.78, 5) is 19.1. The van der Waals surface area contributed by atoms with E-state index < -0.39 is 30.4 Å². The molecule has 2 aromatic carbocycles. The number of ether oxygens (including phenoxy) is 2. The number of allylic oxidation sites excluding steroid dienone is 1. The Balaban J connectivity index is 0.00000127. The third-order valence-corrected chi connectivity index (χ3v) is 4.78. The van der Waals surface area contributed by atoms with Gasteiger partial charge in [0.2, 0.25) is 0 Å². The molecule has 0 saturated heterocycles. The lowest BCUT2D eigenvalue weighted by molar-refractivity contribution is -0.139. The Morgan fingerprint density at radius 3 is 2.49 bits per heavy atom. The third kappa shape index (κ3) is 10.5. The van der Waals surface area contributed by atoms with Gasteiger partial charge < -0.3 is 30.1 Å². The summed E-state index contributed by atoms with van der Waals surface area (Å²) in [6.07, 6.45) is 0.162. The fourth-order valence-corrected chi connectivity index (χ4v) is 3.18. The molecule has 2 atom stereocenters. The number of carbonyl (C=O) groups is 1. The molecule has 0 aliphatic heterocycles. The number of nitrogens with zero attached hydrogens (tertiary/aromatic N) is 2. The summed E-state index contributed by atoms with van der Waals surface area (Å²) in [5.41, 5.74) is 1.05. The molecule has 0 aliphatic carbocycles. The van der Waals surface area contributed by atoms with Gasteiger partial charge >= 0.3 is 5.97 Å². The number of alkyl halides is 1. The van der Waals surface area contributed by atoms with Gasteiger partial charge in [0.05, 0.1) is 36.3 Å². The zero-order valence-electron chi connectivity index (χ0n) is 20.6. The van der Waals surface area contributed by atoms with Gasteiger partial charge in [-0.1, -0.05) is 33.6 Å². The summed E-state index contributed by atoms with van der Waals surface area (Å²) in [6, 6.07) is 7.40. The smallest absolute Gasteiger partial charge is 0.305 e. The quantitative estimate of drug-likeness (QED) is 0.179. The van der Waals surface area contributed by atoms with Crippen LogP contribution in [-0.2, 0) is 4.79 Å². The minimum absolute atomic E-state index is 0.0434. The van der Waals surface area contributed by atoms with Crippen LogP contribution in [0.3, 0.4) is 0 Å². The van der Waals surface area contributed by atoms with Crippen molar-refractivity contribution in [1.29, 1.82) is 0 Å². The van der Waals surface area contributed by atoms with Crippen LogP contribution in [0, 0.1) is 5.82 Å². The van der Waals surface area contributed by atoms with Crippen LogP contribution in [0.2, 0.25) is 5.02 Å². The standard InChI is InChI=1S/C21H21ClFN3O6.C3H6.CH3Br/c1-31-18-8-17-14(7-19(18)32-9-13(28)5-12(27)6-20(29)30)21(25-10-24-17)26-11-2-3-16(23)15(22)4-11;1-3-2;1-2/h2-4,7-8,10,12-13,27-28H,5-6,9H2,1H3,(H,29,30)(H,24,25,26);3H,1H2,2H3;1H3. The average Bonchev–Trinajstić information content (AvgIpc) is 2.86. The van der Waals surface area contributed by atoms with Crippen molar-refractivity contribution < 1.29 is 34.0 Å². The number of halogens is 3. The molecule has 0 fully saturated rings. The van der Waals surface area contributed by atoms with E-state index in [9.17, 15) is 19.4 Å². The van der Waals surface area contributed by atoms with E-state index in [-0.39, 0.29) is 23.8 Å². The van der Waals surface area contributed by atoms with Gasteiger partial charge in [-0.2, -0.15) is 0 Å². The van der Waals surface area contributed by atoms with E-state index in [0.29, 0.717) is 28.2 Å². The summed E-state index contributed by atoms with van der Waals surface area (Å²) in [5.74, 6) is 1.14. The molecule has 0 amide bonds. The Labute approximate surface area is 228 Å². The number of rotatable bonds is 10. The van der Waals surface area contributed by atoms with Crippen LogP contribution in [0.4, 0.5) is 15.9 Å². The molecule has 4 N–H and O–H groups in total. The van der Waals surface area contributed by atoms with Gasteiger partial charge in [-0.15, -0.1) is 6.58 Å². The van der Waals surface area contributed by atoms with Crippen LogP contribution in [0.1, 0.15) is 19.8 Å². The van der Waals surface area contributed by atoms with Gasteiger partial charge in [0.15, 0.2) is 11.5 Å². The minimum Gasteiger partial charge on any atom is -0.493 e. The first kappa shape index (κ1) is 32.0. The van der Waals surface area contributed by atoms with Gasteiger partial charge in [-0.25, -0.2) is 14.4 Å². The Kier molecular flexibility index (Phi) is 14.5. The second kappa shape index (κ2) is 16.7. The van der Waals surface area contributed by atoms with Crippen LogP contribution in [0.25, 0.3) is 10.9 Å². The average molecular weight is 603 g/mol. The van der Waals surface area contributed by atoms with Crippen LogP contribution < -0.4 is 14.8 Å². The van der Waals surface area contributed by atoms with E-state index in [4.69, 9.17) is 26.2 Å². The van der Waals surface area contributed by atoms with Crippen molar-refractivity contribution in [2.24, 2.45) is 0 Å². The maximum atomic E-state index is 13.4. The van der Waals surface area contributed by atoms with Crippen LogP contribution >= 0.6 is 27.5 Å². The van der Waals surface area contributed by atoms with E-state index in [2.05, 4.69) is 37.8 Å². The highest BCUT2D eigenvalue weighted by molar-refractivity contribution is 9.08. The number of benzene rings is 2.